The molecular weight excluding hydrogens is 132 g/mol. The van der Waals surface area contributed by atoms with E-state index < -0.39 is 0 Å². The number of rotatable bonds is 1. The molecule has 0 unspecified atom stereocenters. The van der Waals surface area contributed by atoms with Gasteiger partial charge in [-0.15, -0.1) is 0 Å². The Bertz CT molecular complexity index is 172. The van der Waals surface area contributed by atoms with Crippen molar-refractivity contribution in [3.8, 4) is 0 Å². The number of ether oxygens (including phenoxy) is 1. The van der Waals surface area contributed by atoms with Crippen LogP contribution in [0.3, 0.4) is 0 Å². The van der Waals surface area contributed by atoms with E-state index in [1.807, 2.05) is 0 Å². The zero-order valence-electron chi connectivity index (χ0n) is 5.83. The largest absolute Gasteiger partial charge is 0.466 e. The van der Waals surface area contributed by atoms with Crippen LogP contribution in [0.5, 0.6) is 0 Å². The molecule has 1 aliphatic carbocycles. The van der Waals surface area contributed by atoms with Crippen molar-refractivity contribution in [3.63, 3.8) is 0 Å². The van der Waals surface area contributed by atoms with Crippen LogP contribution in [0.4, 0.5) is 0 Å². The lowest BCUT2D eigenvalue weighted by molar-refractivity contribution is -0.136. The molecule has 1 rings (SSSR count). The Kier molecular flexibility index (Phi) is 2.06. The van der Waals surface area contributed by atoms with Crippen LogP contribution in [0.2, 0.25) is 0 Å². The summed E-state index contributed by atoms with van der Waals surface area (Å²) in [4.78, 5) is 10.8. The molecule has 1 N–H and O–H groups in total. The molecular formula is C7H10O3. The van der Waals surface area contributed by atoms with Crippen LogP contribution in [0.25, 0.3) is 0 Å². The van der Waals surface area contributed by atoms with E-state index in [1.165, 1.54) is 7.11 Å². The van der Waals surface area contributed by atoms with Crippen molar-refractivity contribution in [2.75, 3.05) is 7.11 Å². The van der Waals surface area contributed by atoms with Gasteiger partial charge < -0.3 is 9.84 Å². The van der Waals surface area contributed by atoms with Gasteiger partial charge in [0.15, 0.2) is 0 Å². The molecule has 0 aromatic heterocycles. The van der Waals surface area contributed by atoms with Crippen LogP contribution in [0, 0.1) is 0 Å². The maximum absolute atomic E-state index is 10.8. The summed E-state index contributed by atoms with van der Waals surface area (Å²) < 4.78 is 4.46. The average molecular weight is 142 g/mol. The third kappa shape index (κ3) is 1.36. The van der Waals surface area contributed by atoms with Crippen LogP contribution in [0.1, 0.15) is 12.8 Å². The lowest BCUT2D eigenvalue weighted by Gasteiger charge is -1.99. The zero-order chi connectivity index (χ0) is 7.56. The summed E-state index contributed by atoms with van der Waals surface area (Å²) in [5.41, 5.74) is 0.593. The summed E-state index contributed by atoms with van der Waals surface area (Å²) in [7, 11) is 1.34. The quantitative estimate of drug-likeness (QED) is 0.533. The third-order valence-corrected chi connectivity index (χ3v) is 1.54. The van der Waals surface area contributed by atoms with E-state index in [-0.39, 0.29) is 12.1 Å². The van der Waals surface area contributed by atoms with Crippen LogP contribution in [-0.2, 0) is 9.53 Å². The first-order valence-corrected chi connectivity index (χ1v) is 3.19. The van der Waals surface area contributed by atoms with Gasteiger partial charge in [0.25, 0.3) is 0 Å². The monoisotopic (exact) mass is 142 g/mol. The summed E-state index contributed by atoms with van der Waals surface area (Å²) in [6, 6.07) is 0. The molecule has 0 bridgehead atoms. The summed E-state index contributed by atoms with van der Waals surface area (Å²) in [6.45, 7) is 0. The molecule has 0 fully saturated rings. The van der Waals surface area contributed by atoms with Gasteiger partial charge in [0.05, 0.1) is 13.2 Å². The maximum Gasteiger partial charge on any atom is 0.333 e. The molecule has 0 radical (unpaired) electrons. The Balaban J connectivity index is 2.51. The van der Waals surface area contributed by atoms with Crippen molar-refractivity contribution in [1.82, 2.24) is 0 Å². The minimum absolute atomic E-state index is 0.323. The predicted molar refractivity (Wildman–Crippen MR) is 35.3 cm³/mol. The van der Waals surface area contributed by atoms with Crippen molar-refractivity contribution in [3.05, 3.63) is 11.6 Å². The van der Waals surface area contributed by atoms with Crippen LogP contribution < -0.4 is 0 Å². The van der Waals surface area contributed by atoms with Crippen LogP contribution in [-0.4, -0.2) is 24.3 Å². The van der Waals surface area contributed by atoms with Gasteiger partial charge in [-0.3, -0.25) is 0 Å². The van der Waals surface area contributed by atoms with Gasteiger partial charge in [-0.1, -0.05) is 6.08 Å². The predicted octanol–water partition coefficient (Wildman–Crippen LogP) is 0.240. The van der Waals surface area contributed by atoms with E-state index in [1.54, 1.807) is 6.08 Å². The molecule has 0 saturated heterocycles. The van der Waals surface area contributed by atoms with Crippen molar-refractivity contribution >= 4 is 5.97 Å². The van der Waals surface area contributed by atoms with Gasteiger partial charge in [0, 0.05) is 12.0 Å². The van der Waals surface area contributed by atoms with E-state index in [4.69, 9.17) is 5.11 Å². The standard InChI is InChI=1S/C7H10O3/c1-10-7(9)5-2-3-6(8)4-5/h2,6,8H,3-4H2,1H3/t6-/m1/s1. The zero-order valence-corrected chi connectivity index (χ0v) is 5.83. The Morgan fingerprint density at radius 3 is 3.00 bits per heavy atom. The molecule has 10 heavy (non-hydrogen) atoms. The number of esters is 1. The SMILES string of the molecule is COC(=O)C1=CC[C@@H](O)C1. The van der Waals surface area contributed by atoms with Crippen LogP contribution >= 0.6 is 0 Å². The molecule has 0 aromatic carbocycles. The van der Waals surface area contributed by atoms with Gasteiger partial charge in [0.2, 0.25) is 0 Å². The van der Waals surface area contributed by atoms with E-state index in [2.05, 4.69) is 4.74 Å². The molecule has 0 amide bonds. The summed E-state index contributed by atoms with van der Waals surface area (Å²) in [6.07, 6.45) is 2.35. The van der Waals surface area contributed by atoms with Gasteiger partial charge in [-0.05, 0) is 6.42 Å². The molecule has 0 aliphatic heterocycles. The Hall–Kier alpha value is -0.830. The van der Waals surface area contributed by atoms with E-state index in [9.17, 15) is 4.79 Å². The third-order valence-electron chi connectivity index (χ3n) is 1.54. The minimum Gasteiger partial charge on any atom is -0.466 e. The number of carbonyl (C=O) groups excluding carboxylic acids is 1. The highest BCUT2D eigenvalue weighted by molar-refractivity contribution is 5.88. The van der Waals surface area contributed by atoms with Gasteiger partial charge in [0.1, 0.15) is 0 Å². The smallest absolute Gasteiger partial charge is 0.333 e. The number of methoxy groups -OCH3 is 1. The second-order valence-corrected chi connectivity index (χ2v) is 2.31. The van der Waals surface area contributed by atoms with Crippen molar-refractivity contribution in [2.24, 2.45) is 0 Å². The fourth-order valence-electron chi connectivity index (χ4n) is 0.997. The molecule has 3 heteroatoms. The summed E-state index contributed by atoms with van der Waals surface area (Å²) in [5.74, 6) is -0.323. The van der Waals surface area contributed by atoms with E-state index >= 15 is 0 Å². The number of carbonyl (C=O) groups is 1. The molecule has 1 aliphatic rings. The molecule has 0 aromatic rings. The Labute approximate surface area is 59.3 Å². The molecule has 0 spiro atoms. The first-order chi connectivity index (χ1) is 4.74. The van der Waals surface area contributed by atoms with E-state index in [0.29, 0.717) is 18.4 Å². The van der Waals surface area contributed by atoms with E-state index in [0.717, 1.165) is 0 Å². The normalized spacial score (nSPS) is 24.2. The molecule has 56 valence electrons. The first-order valence-electron chi connectivity index (χ1n) is 3.19. The fourth-order valence-corrected chi connectivity index (χ4v) is 0.997. The van der Waals surface area contributed by atoms with Gasteiger partial charge in [-0.25, -0.2) is 4.79 Å². The van der Waals surface area contributed by atoms with Gasteiger partial charge in [-0.2, -0.15) is 0 Å². The second-order valence-electron chi connectivity index (χ2n) is 2.31. The minimum atomic E-state index is -0.380. The average Bonchev–Trinajstić information content (AvgIpc) is 2.34. The first kappa shape index (κ1) is 7.28. The summed E-state index contributed by atoms with van der Waals surface area (Å²) >= 11 is 0. The van der Waals surface area contributed by atoms with Gasteiger partial charge >= 0.3 is 5.97 Å². The second kappa shape index (κ2) is 2.84. The Morgan fingerprint density at radius 2 is 2.60 bits per heavy atom. The lowest BCUT2D eigenvalue weighted by Crippen LogP contribution is -2.06. The van der Waals surface area contributed by atoms with Crippen molar-refractivity contribution in [1.29, 1.82) is 0 Å². The lowest BCUT2D eigenvalue weighted by atomic mass is 10.2. The highest BCUT2D eigenvalue weighted by Crippen LogP contribution is 2.18. The summed E-state index contributed by atoms with van der Waals surface area (Å²) in [5, 5.41) is 8.98. The number of hydrogen-bond acceptors (Lipinski definition) is 3. The van der Waals surface area contributed by atoms with Crippen molar-refractivity contribution < 1.29 is 14.6 Å². The van der Waals surface area contributed by atoms with Crippen molar-refractivity contribution in [2.45, 2.75) is 18.9 Å². The maximum atomic E-state index is 10.8. The number of aliphatic hydroxyl groups is 1. The molecule has 0 saturated carbocycles. The highest BCUT2D eigenvalue weighted by Gasteiger charge is 2.19. The highest BCUT2D eigenvalue weighted by atomic mass is 16.5. The molecule has 3 nitrogen and oxygen atoms in total. The molecule has 1 atom stereocenters. The fraction of sp³-hybridized carbons (Fsp3) is 0.571. The number of aliphatic hydroxyl groups excluding tert-OH is 1. The Morgan fingerprint density at radius 1 is 1.90 bits per heavy atom. The number of hydrogen-bond donors (Lipinski definition) is 1. The topological polar surface area (TPSA) is 46.5 Å². The molecule has 0 heterocycles. The van der Waals surface area contributed by atoms with Crippen LogP contribution in [0.15, 0.2) is 11.6 Å².